The summed E-state index contributed by atoms with van der Waals surface area (Å²) in [5.74, 6) is -0.918. The number of hydrogen-bond acceptors (Lipinski definition) is 7. The van der Waals surface area contributed by atoms with Gasteiger partial charge in [-0.25, -0.2) is 0 Å². The SMILES string of the molecule is O=C(CN1C(=O)/C(=c2\sc3nc(=O)c(Cc4ccccc4)nn3c2=O)c2ccccc21)Nc1ccc(Cl)cc1. The van der Waals surface area contributed by atoms with Crippen molar-refractivity contribution >= 4 is 56.7 Å². The van der Waals surface area contributed by atoms with Crippen molar-refractivity contribution < 1.29 is 9.59 Å². The molecule has 3 aromatic carbocycles. The number of benzene rings is 3. The van der Waals surface area contributed by atoms with Gasteiger partial charge in [0.2, 0.25) is 10.9 Å². The van der Waals surface area contributed by atoms with E-state index in [9.17, 15) is 19.2 Å². The molecule has 0 saturated carbocycles. The molecule has 1 aliphatic heterocycles. The number of rotatable bonds is 5. The maximum atomic E-state index is 13.6. The lowest BCUT2D eigenvalue weighted by atomic mass is 10.1. The Hall–Kier alpha value is -4.67. The molecule has 0 fully saturated rings. The van der Waals surface area contributed by atoms with Crippen LogP contribution in [0, 0.1) is 0 Å². The van der Waals surface area contributed by atoms with Crippen LogP contribution in [0.3, 0.4) is 0 Å². The fourth-order valence-electron chi connectivity index (χ4n) is 4.43. The third kappa shape index (κ3) is 4.60. The van der Waals surface area contributed by atoms with E-state index in [1.807, 2.05) is 30.3 Å². The number of nitrogens with one attached hydrogen (secondary N) is 1. The molecule has 1 N–H and O–H groups in total. The number of aromatic nitrogens is 3. The predicted octanol–water partition coefficient (Wildman–Crippen LogP) is 2.66. The zero-order valence-corrected chi connectivity index (χ0v) is 21.7. The molecule has 0 radical (unpaired) electrons. The lowest BCUT2D eigenvalue weighted by Crippen LogP contribution is -2.37. The summed E-state index contributed by atoms with van der Waals surface area (Å²) in [7, 11) is 0. The van der Waals surface area contributed by atoms with E-state index < -0.39 is 22.9 Å². The molecular formula is C28H18ClN5O4S. The van der Waals surface area contributed by atoms with Crippen LogP contribution in [0.25, 0.3) is 10.5 Å². The van der Waals surface area contributed by atoms with Gasteiger partial charge < -0.3 is 5.32 Å². The number of fused-ring (bicyclic) bond motifs is 2. The summed E-state index contributed by atoms with van der Waals surface area (Å²) in [6.07, 6.45) is 0.217. The topological polar surface area (TPSA) is 114 Å². The molecule has 192 valence electrons. The largest absolute Gasteiger partial charge is 0.325 e. The first-order chi connectivity index (χ1) is 18.9. The van der Waals surface area contributed by atoms with Crippen molar-refractivity contribution in [2.75, 3.05) is 16.8 Å². The third-order valence-electron chi connectivity index (χ3n) is 6.22. The summed E-state index contributed by atoms with van der Waals surface area (Å²) in [6.45, 7) is -0.267. The van der Waals surface area contributed by atoms with Crippen LogP contribution in [0.5, 0.6) is 0 Å². The fraction of sp³-hybridized carbons (Fsp3) is 0.0714. The van der Waals surface area contributed by atoms with Crippen LogP contribution >= 0.6 is 22.9 Å². The van der Waals surface area contributed by atoms with Gasteiger partial charge in [-0.15, -0.1) is 0 Å². The highest BCUT2D eigenvalue weighted by Gasteiger charge is 2.35. The lowest BCUT2D eigenvalue weighted by Gasteiger charge is -2.16. The van der Waals surface area contributed by atoms with Crippen molar-refractivity contribution in [3.05, 3.63) is 126 Å². The van der Waals surface area contributed by atoms with Crippen LogP contribution in [0.4, 0.5) is 11.4 Å². The smallest absolute Gasteiger partial charge is 0.296 e. The number of amides is 2. The van der Waals surface area contributed by atoms with Gasteiger partial charge in [-0.2, -0.15) is 14.6 Å². The molecule has 0 spiro atoms. The number of nitrogens with zero attached hydrogens (tertiary/aromatic N) is 4. The van der Waals surface area contributed by atoms with E-state index in [0.29, 0.717) is 22.0 Å². The molecule has 5 aromatic rings. The Morgan fingerprint density at radius 1 is 0.923 bits per heavy atom. The van der Waals surface area contributed by atoms with E-state index in [4.69, 9.17) is 11.6 Å². The first-order valence-corrected chi connectivity index (χ1v) is 13.1. The Balaban J connectivity index is 1.40. The van der Waals surface area contributed by atoms with E-state index in [1.165, 1.54) is 4.90 Å². The zero-order chi connectivity index (χ0) is 27.1. The van der Waals surface area contributed by atoms with Crippen LogP contribution < -0.4 is 25.9 Å². The summed E-state index contributed by atoms with van der Waals surface area (Å²) in [5, 5.41) is 7.57. The van der Waals surface area contributed by atoms with Crippen molar-refractivity contribution in [3.63, 3.8) is 0 Å². The summed E-state index contributed by atoms with van der Waals surface area (Å²) < 4.78 is 1.17. The molecule has 9 nitrogen and oxygen atoms in total. The molecule has 39 heavy (non-hydrogen) atoms. The van der Waals surface area contributed by atoms with Crippen LogP contribution in [0.15, 0.2) is 88.5 Å². The van der Waals surface area contributed by atoms with Gasteiger partial charge >= 0.3 is 0 Å². The van der Waals surface area contributed by atoms with E-state index in [2.05, 4.69) is 15.4 Å². The first-order valence-electron chi connectivity index (χ1n) is 11.9. The Kier molecular flexibility index (Phi) is 6.26. The van der Waals surface area contributed by atoms with Gasteiger partial charge in [-0.05, 0) is 35.9 Å². The Bertz CT molecular complexity index is 1940. The summed E-state index contributed by atoms with van der Waals surface area (Å²) in [6, 6.07) is 22.8. The maximum absolute atomic E-state index is 13.6. The van der Waals surface area contributed by atoms with Gasteiger partial charge in [-0.3, -0.25) is 24.1 Å². The van der Waals surface area contributed by atoms with Crippen LogP contribution in [-0.4, -0.2) is 33.0 Å². The quantitative estimate of drug-likeness (QED) is 0.357. The molecule has 0 aliphatic carbocycles. The van der Waals surface area contributed by atoms with Gasteiger partial charge in [0.05, 0.1) is 11.3 Å². The van der Waals surface area contributed by atoms with Gasteiger partial charge in [-0.1, -0.05) is 71.5 Å². The zero-order valence-electron chi connectivity index (χ0n) is 20.1. The Labute approximate surface area is 229 Å². The van der Waals surface area contributed by atoms with Crippen molar-refractivity contribution in [3.8, 4) is 0 Å². The molecule has 11 heteroatoms. The second-order valence-corrected chi connectivity index (χ2v) is 10.2. The number of thiazole rings is 1. The number of anilines is 2. The van der Waals surface area contributed by atoms with Crippen molar-refractivity contribution in [2.45, 2.75) is 6.42 Å². The highest BCUT2D eigenvalue weighted by Crippen LogP contribution is 2.35. The number of hydrogen-bond donors (Lipinski definition) is 1. The number of para-hydroxylation sites is 1. The molecule has 0 unspecified atom stereocenters. The third-order valence-corrected chi connectivity index (χ3v) is 7.50. The van der Waals surface area contributed by atoms with E-state index in [1.54, 1.807) is 48.5 Å². The minimum atomic E-state index is -0.553. The number of halogens is 1. The second-order valence-electron chi connectivity index (χ2n) is 8.80. The summed E-state index contributed by atoms with van der Waals surface area (Å²) >= 11 is 6.83. The molecule has 2 aromatic heterocycles. The van der Waals surface area contributed by atoms with Crippen LogP contribution in [-0.2, 0) is 16.0 Å². The average molecular weight is 556 g/mol. The van der Waals surface area contributed by atoms with Crippen molar-refractivity contribution in [2.24, 2.45) is 0 Å². The molecule has 1 aliphatic rings. The monoisotopic (exact) mass is 555 g/mol. The van der Waals surface area contributed by atoms with Crippen molar-refractivity contribution in [1.82, 2.24) is 14.6 Å². The summed E-state index contributed by atoms with van der Waals surface area (Å²) in [4.78, 5) is 58.1. The molecule has 0 bridgehead atoms. The molecule has 0 atom stereocenters. The fourth-order valence-corrected chi connectivity index (χ4v) is 5.55. The molecular weight excluding hydrogens is 538 g/mol. The van der Waals surface area contributed by atoms with Gasteiger partial charge in [0.15, 0.2) is 0 Å². The second kappa shape index (κ2) is 9.90. The van der Waals surface area contributed by atoms with E-state index in [-0.39, 0.29) is 33.7 Å². The predicted molar refractivity (Wildman–Crippen MR) is 149 cm³/mol. The van der Waals surface area contributed by atoms with Crippen LogP contribution in [0.2, 0.25) is 5.02 Å². The molecule has 0 saturated heterocycles. The van der Waals surface area contributed by atoms with Gasteiger partial charge in [0.1, 0.15) is 16.8 Å². The van der Waals surface area contributed by atoms with Gasteiger partial charge in [0, 0.05) is 22.7 Å². The lowest BCUT2D eigenvalue weighted by molar-refractivity contribution is -0.118. The van der Waals surface area contributed by atoms with Crippen molar-refractivity contribution in [1.29, 1.82) is 0 Å². The van der Waals surface area contributed by atoms with Gasteiger partial charge in [0.25, 0.3) is 17.0 Å². The van der Waals surface area contributed by atoms with Crippen LogP contribution in [0.1, 0.15) is 16.8 Å². The average Bonchev–Trinajstić information content (AvgIpc) is 3.38. The normalized spacial score (nSPS) is 14.1. The highest BCUT2D eigenvalue weighted by atomic mass is 35.5. The minimum absolute atomic E-state index is 0.0912. The Morgan fingerprint density at radius 2 is 1.64 bits per heavy atom. The number of carbonyl (C=O) groups excluding carboxylic acids is 2. The minimum Gasteiger partial charge on any atom is -0.325 e. The number of carbonyl (C=O) groups is 2. The maximum Gasteiger partial charge on any atom is 0.296 e. The highest BCUT2D eigenvalue weighted by molar-refractivity contribution is 7.15. The molecule has 6 rings (SSSR count). The van der Waals surface area contributed by atoms with E-state index in [0.717, 1.165) is 21.4 Å². The standard InChI is InChI=1S/C28H18ClN5O4S/c29-17-10-12-18(13-11-17)30-22(35)15-33-21-9-5-4-8-19(21)23(26(33)37)24-27(38)34-28(39-24)31-25(36)20(32-34)14-16-6-2-1-3-7-16/h1-13H,14-15H2,(H,30,35)/b24-23-. The first kappa shape index (κ1) is 24.7. The van der Waals surface area contributed by atoms with E-state index >= 15 is 0 Å². The summed E-state index contributed by atoms with van der Waals surface area (Å²) in [5.41, 5.74) is 1.59. The molecule has 2 amide bonds. The molecule has 3 heterocycles. The Morgan fingerprint density at radius 3 is 2.41 bits per heavy atom.